The van der Waals surface area contributed by atoms with Crippen molar-refractivity contribution in [1.82, 2.24) is 10.6 Å². The van der Waals surface area contributed by atoms with Crippen molar-refractivity contribution >= 4 is 5.91 Å². The Hall–Kier alpha value is -2.54. The van der Waals surface area contributed by atoms with Gasteiger partial charge in [0.1, 0.15) is 17.8 Å². The first kappa shape index (κ1) is 23.5. The number of allylic oxidation sites excluding steroid dienone is 9. The maximum Gasteiger partial charge on any atom is 0.246 e. The van der Waals surface area contributed by atoms with Crippen LogP contribution in [-0.2, 0) is 4.79 Å². The minimum atomic E-state index is -0.507. The first-order valence-electron chi connectivity index (χ1n) is 10.1. The van der Waals surface area contributed by atoms with E-state index >= 15 is 0 Å². The van der Waals surface area contributed by atoms with Crippen molar-refractivity contribution in [3.05, 3.63) is 59.0 Å². The highest BCUT2D eigenvalue weighted by Gasteiger charge is 2.23. The molecule has 0 spiro atoms. The van der Waals surface area contributed by atoms with Crippen LogP contribution in [0.1, 0.15) is 67.2 Å². The molecule has 0 aromatic carbocycles. The fourth-order valence-corrected chi connectivity index (χ4v) is 2.94. The zero-order chi connectivity index (χ0) is 21.2. The maximum absolute atomic E-state index is 12.7. The molecule has 0 saturated heterocycles. The highest BCUT2D eigenvalue weighted by molar-refractivity contribution is 5.84. The van der Waals surface area contributed by atoms with Crippen LogP contribution in [0, 0.1) is 16.7 Å². The van der Waals surface area contributed by atoms with E-state index in [4.69, 9.17) is 5.26 Å². The summed E-state index contributed by atoms with van der Waals surface area (Å²) in [5.41, 5.74) is 3.94. The van der Waals surface area contributed by atoms with Crippen LogP contribution >= 0.6 is 0 Å². The number of carbonyl (C=O) groups is 1. The molecule has 2 N–H and O–H groups in total. The van der Waals surface area contributed by atoms with Crippen LogP contribution in [0.5, 0.6) is 0 Å². The first-order chi connectivity index (χ1) is 13.2. The van der Waals surface area contributed by atoms with Gasteiger partial charge in [-0.15, -0.1) is 0 Å². The van der Waals surface area contributed by atoms with Gasteiger partial charge in [-0.2, -0.15) is 5.26 Å². The zero-order valence-corrected chi connectivity index (χ0v) is 18.2. The monoisotopic (exact) mass is 381 g/mol. The molecule has 0 aromatic heterocycles. The lowest BCUT2D eigenvalue weighted by atomic mass is 9.77. The van der Waals surface area contributed by atoms with Gasteiger partial charge in [0.15, 0.2) is 0 Å². The Morgan fingerprint density at radius 1 is 1.39 bits per heavy atom. The topological polar surface area (TPSA) is 64.9 Å². The summed E-state index contributed by atoms with van der Waals surface area (Å²) >= 11 is 0. The van der Waals surface area contributed by atoms with Gasteiger partial charge in [-0.25, -0.2) is 0 Å². The van der Waals surface area contributed by atoms with Crippen LogP contribution in [0.15, 0.2) is 59.0 Å². The van der Waals surface area contributed by atoms with Crippen LogP contribution < -0.4 is 10.6 Å². The Labute approximate surface area is 170 Å². The fraction of sp³-hybridized carbons (Fsp3) is 0.500. The van der Waals surface area contributed by atoms with E-state index in [2.05, 4.69) is 50.5 Å². The lowest BCUT2D eigenvalue weighted by Crippen LogP contribution is -2.41. The molecule has 0 heterocycles. The standard InChI is InChI=1S/C24H35N3O/c1-7-9-10-11-12-22(18(3)20-13-15-24(5,6)16-14-20)27-23(28)19(4)26-21(8-2)17-25/h8-13,19,26H,7,14-16H2,1-6H3,(H,27,28)/b10-9+,12-11-,21-8-,22-18-. The minimum Gasteiger partial charge on any atom is -0.366 e. The molecular formula is C24H35N3O. The highest BCUT2D eigenvalue weighted by atomic mass is 16.2. The molecule has 0 radical (unpaired) electrons. The summed E-state index contributed by atoms with van der Waals surface area (Å²) in [5, 5.41) is 15.0. The summed E-state index contributed by atoms with van der Waals surface area (Å²) in [6, 6.07) is 1.54. The first-order valence-corrected chi connectivity index (χ1v) is 10.1. The summed E-state index contributed by atoms with van der Waals surface area (Å²) in [5.74, 6) is -0.162. The molecule has 0 saturated carbocycles. The van der Waals surface area contributed by atoms with Crippen LogP contribution in [0.25, 0.3) is 0 Å². The van der Waals surface area contributed by atoms with Gasteiger partial charge in [-0.3, -0.25) is 4.79 Å². The lowest BCUT2D eigenvalue weighted by Gasteiger charge is -2.29. The van der Waals surface area contributed by atoms with Gasteiger partial charge < -0.3 is 10.6 Å². The van der Waals surface area contributed by atoms with E-state index < -0.39 is 6.04 Å². The number of nitrogens with one attached hydrogen (secondary N) is 2. The zero-order valence-electron chi connectivity index (χ0n) is 18.2. The predicted molar refractivity (Wildman–Crippen MR) is 117 cm³/mol. The molecular weight excluding hydrogens is 346 g/mol. The summed E-state index contributed by atoms with van der Waals surface area (Å²) < 4.78 is 0. The molecule has 28 heavy (non-hydrogen) atoms. The number of carbonyl (C=O) groups excluding carboxylic acids is 1. The lowest BCUT2D eigenvalue weighted by molar-refractivity contribution is -0.121. The molecule has 1 unspecified atom stereocenters. The molecule has 4 heteroatoms. The Morgan fingerprint density at radius 3 is 2.64 bits per heavy atom. The molecule has 0 aliphatic heterocycles. The van der Waals surface area contributed by atoms with Crippen LogP contribution in [0.4, 0.5) is 0 Å². The largest absolute Gasteiger partial charge is 0.366 e. The van der Waals surface area contributed by atoms with Crippen molar-refractivity contribution in [3.63, 3.8) is 0 Å². The summed E-state index contributed by atoms with van der Waals surface area (Å²) in [7, 11) is 0. The second-order valence-corrected chi connectivity index (χ2v) is 8.00. The highest BCUT2D eigenvalue weighted by Crippen LogP contribution is 2.36. The van der Waals surface area contributed by atoms with E-state index in [1.54, 1.807) is 19.9 Å². The predicted octanol–water partition coefficient (Wildman–Crippen LogP) is 5.44. The summed E-state index contributed by atoms with van der Waals surface area (Å²) in [6.07, 6.45) is 16.1. The molecule has 1 amide bonds. The van der Waals surface area contributed by atoms with Crippen molar-refractivity contribution in [2.75, 3.05) is 0 Å². The van der Waals surface area contributed by atoms with Gasteiger partial charge in [0.05, 0.1) is 0 Å². The molecule has 1 atom stereocenters. The number of rotatable bonds is 8. The van der Waals surface area contributed by atoms with E-state index in [1.165, 1.54) is 5.57 Å². The molecule has 4 nitrogen and oxygen atoms in total. The smallest absolute Gasteiger partial charge is 0.246 e. The van der Waals surface area contributed by atoms with Crippen LogP contribution in [0.2, 0.25) is 0 Å². The SMILES string of the molecule is C/C=C(/C#N)NC(C)C(=O)NC(/C=C\C=C\CC)=C(/C)C1=CCC(C)(C)CC1. The van der Waals surface area contributed by atoms with Gasteiger partial charge in [0.25, 0.3) is 0 Å². The van der Waals surface area contributed by atoms with Crippen molar-refractivity contribution in [2.24, 2.45) is 5.41 Å². The van der Waals surface area contributed by atoms with E-state index in [1.807, 2.05) is 24.3 Å². The molecule has 0 aromatic rings. The average molecular weight is 382 g/mol. The van der Waals surface area contributed by atoms with Gasteiger partial charge in [-0.05, 0) is 69.1 Å². The summed E-state index contributed by atoms with van der Waals surface area (Å²) in [4.78, 5) is 12.7. The van der Waals surface area contributed by atoms with Gasteiger partial charge in [0, 0.05) is 5.70 Å². The third-order valence-corrected chi connectivity index (χ3v) is 5.04. The van der Waals surface area contributed by atoms with Crippen LogP contribution in [0.3, 0.4) is 0 Å². The van der Waals surface area contributed by atoms with E-state index in [-0.39, 0.29) is 5.91 Å². The number of amides is 1. The molecule has 1 rings (SSSR count). The minimum absolute atomic E-state index is 0.162. The van der Waals surface area contributed by atoms with Crippen molar-refractivity contribution in [3.8, 4) is 6.07 Å². The van der Waals surface area contributed by atoms with Gasteiger partial charge >= 0.3 is 0 Å². The number of nitrogens with zero attached hydrogens (tertiary/aromatic N) is 1. The van der Waals surface area contributed by atoms with E-state index in [0.29, 0.717) is 11.1 Å². The number of hydrogen-bond acceptors (Lipinski definition) is 3. The van der Waals surface area contributed by atoms with E-state index in [0.717, 1.165) is 37.0 Å². The molecule has 1 aliphatic rings. The Balaban J connectivity index is 3.07. The molecule has 0 bridgehead atoms. The Morgan fingerprint density at radius 2 is 2.11 bits per heavy atom. The van der Waals surface area contributed by atoms with E-state index in [9.17, 15) is 4.79 Å². The van der Waals surface area contributed by atoms with Crippen molar-refractivity contribution in [2.45, 2.75) is 73.3 Å². The Kier molecular flexibility index (Phi) is 9.51. The number of hydrogen-bond donors (Lipinski definition) is 2. The van der Waals surface area contributed by atoms with Gasteiger partial charge in [0.2, 0.25) is 5.91 Å². The molecule has 152 valence electrons. The van der Waals surface area contributed by atoms with Crippen molar-refractivity contribution < 1.29 is 4.79 Å². The third kappa shape index (κ3) is 7.60. The quantitative estimate of drug-likeness (QED) is 0.434. The molecule has 1 aliphatic carbocycles. The summed E-state index contributed by atoms with van der Waals surface area (Å²) in [6.45, 7) is 12.3. The third-order valence-electron chi connectivity index (χ3n) is 5.04. The second kappa shape index (κ2) is 11.3. The Bertz CT molecular complexity index is 742. The number of nitriles is 1. The van der Waals surface area contributed by atoms with Crippen LogP contribution in [-0.4, -0.2) is 11.9 Å². The fourth-order valence-electron chi connectivity index (χ4n) is 2.94. The maximum atomic E-state index is 12.7. The molecule has 0 fully saturated rings. The average Bonchev–Trinajstić information content (AvgIpc) is 2.67. The normalized spacial score (nSPS) is 19.0. The van der Waals surface area contributed by atoms with Gasteiger partial charge in [-0.1, -0.05) is 51.2 Å². The second-order valence-electron chi connectivity index (χ2n) is 8.00. The van der Waals surface area contributed by atoms with Crippen molar-refractivity contribution in [1.29, 1.82) is 5.26 Å².